The van der Waals surface area contributed by atoms with Crippen LogP contribution in [0.5, 0.6) is 0 Å². The molecule has 1 heterocycles. The number of anilines is 2. The van der Waals surface area contributed by atoms with Crippen LogP contribution in [0.2, 0.25) is 5.02 Å². The van der Waals surface area contributed by atoms with Crippen molar-refractivity contribution in [3.63, 3.8) is 0 Å². The molecule has 1 aliphatic heterocycles. The van der Waals surface area contributed by atoms with E-state index in [1.54, 1.807) is 41.3 Å². The molecule has 0 saturated carbocycles. The van der Waals surface area contributed by atoms with Crippen molar-refractivity contribution < 1.29 is 9.59 Å². The number of carbonyl (C=O) groups is 2. The zero-order valence-electron chi connectivity index (χ0n) is 14.4. The van der Waals surface area contributed by atoms with Crippen molar-refractivity contribution in [1.82, 2.24) is 0 Å². The second-order valence-corrected chi connectivity index (χ2v) is 6.77. The maximum absolute atomic E-state index is 13.2. The average molecular weight is 377 g/mol. The number of carbonyl (C=O) groups excluding carboxylic acids is 2. The highest BCUT2D eigenvalue weighted by Gasteiger charge is 2.38. The fraction of sp³-hybridized carbons (Fsp3) is 0.0909. The molecule has 1 aliphatic rings. The van der Waals surface area contributed by atoms with Crippen molar-refractivity contribution in [2.45, 2.75) is 12.5 Å². The Kier molecular flexibility index (Phi) is 4.65. The Labute approximate surface area is 162 Å². The van der Waals surface area contributed by atoms with Gasteiger partial charge in [-0.3, -0.25) is 14.5 Å². The number of fused-ring (bicyclic) bond motifs is 1. The first-order chi connectivity index (χ1) is 13.1. The van der Waals surface area contributed by atoms with Gasteiger partial charge in [0.2, 0.25) is 5.91 Å². The van der Waals surface area contributed by atoms with Crippen LogP contribution in [0.1, 0.15) is 15.9 Å². The topological polar surface area (TPSA) is 49.4 Å². The number of para-hydroxylation sites is 2. The van der Waals surface area contributed by atoms with Crippen LogP contribution in [0.3, 0.4) is 0 Å². The molecular weight excluding hydrogens is 360 g/mol. The number of hydrogen-bond donors (Lipinski definition) is 1. The van der Waals surface area contributed by atoms with Crippen molar-refractivity contribution in [2.75, 3.05) is 10.2 Å². The number of hydrogen-bond acceptors (Lipinski definition) is 2. The molecule has 0 radical (unpaired) electrons. The van der Waals surface area contributed by atoms with Gasteiger partial charge in [-0.25, -0.2) is 0 Å². The van der Waals surface area contributed by atoms with Gasteiger partial charge in [-0.15, -0.1) is 0 Å². The summed E-state index contributed by atoms with van der Waals surface area (Å²) >= 11 is 6.16. The summed E-state index contributed by atoms with van der Waals surface area (Å²) in [5.41, 5.74) is 2.82. The Bertz CT molecular complexity index is 1000. The van der Waals surface area contributed by atoms with Crippen molar-refractivity contribution in [3.8, 4) is 0 Å². The average Bonchev–Trinajstić information content (AvgIpc) is 3.09. The van der Waals surface area contributed by atoms with Crippen molar-refractivity contribution >= 4 is 34.8 Å². The highest BCUT2D eigenvalue weighted by atomic mass is 35.5. The maximum Gasteiger partial charge on any atom is 0.259 e. The van der Waals surface area contributed by atoms with E-state index in [2.05, 4.69) is 5.32 Å². The van der Waals surface area contributed by atoms with Crippen LogP contribution in [0.25, 0.3) is 0 Å². The predicted octanol–water partition coefficient (Wildman–Crippen LogP) is 4.55. The van der Waals surface area contributed by atoms with Crippen LogP contribution >= 0.6 is 11.6 Å². The molecule has 1 N–H and O–H groups in total. The molecule has 4 rings (SSSR count). The Morgan fingerprint density at radius 3 is 2.33 bits per heavy atom. The molecule has 1 atom stereocenters. The third-order valence-corrected chi connectivity index (χ3v) is 4.98. The first-order valence-electron chi connectivity index (χ1n) is 8.67. The Morgan fingerprint density at radius 2 is 1.56 bits per heavy atom. The van der Waals surface area contributed by atoms with Gasteiger partial charge in [-0.05, 0) is 35.9 Å². The van der Waals surface area contributed by atoms with Gasteiger partial charge >= 0.3 is 0 Å². The van der Waals surface area contributed by atoms with Crippen LogP contribution in [0, 0.1) is 0 Å². The van der Waals surface area contributed by atoms with Crippen molar-refractivity contribution in [2.24, 2.45) is 0 Å². The zero-order chi connectivity index (χ0) is 18.8. The van der Waals surface area contributed by atoms with Crippen molar-refractivity contribution in [3.05, 3.63) is 95.0 Å². The lowest BCUT2D eigenvalue weighted by Gasteiger charge is -2.25. The molecular formula is C22H17ClN2O2. The quantitative estimate of drug-likeness (QED) is 0.729. The van der Waals surface area contributed by atoms with Gasteiger partial charge < -0.3 is 5.32 Å². The van der Waals surface area contributed by atoms with Crippen LogP contribution < -0.4 is 10.2 Å². The first-order valence-corrected chi connectivity index (χ1v) is 9.05. The fourth-order valence-electron chi connectivity index (χ4n) is 3.35. The van der Waals surface area contributed by atoms with Gasteiger partial charge in [0.1, 0.15) is 6.04 Å². The summed E-state index contributed by atoms with van der Waals surface area (Å²) in [5.74, 6) is -0.455. The Balaban J connectivity index is 1.68. The molecule has 4 nitrogen and oxygen atoms in total. The lowest BCUT2D eigenvalue weighted by Crippen LogP contribution is -2.45. The molecule has 134 valence electrons. The monoisotopic (exact) mass is 376 g/mol. The summed E-state index contributed by atoms with van der Waals surface area (Å²) in [6.45, 7) is 0. The predicted molar refractivity (Wildman–Crippen MR) is 107 cm³/mol. The van der Waals surface area contributed by atoms with E-state index in [9.17, 15) is 9.59 Å². The van der Waals surface area contributed by atoms with E-state index in [-0.39, 0.29) is 11.8 Å². The molecule has 2 amide bonds. The molecule has 0 fully saturated rings. The molecule has 3 aromatic carbocycles. The van der Waals surface area contributed by atoms with E-state index < -0.39 is 6.04 Å². The highest BCUT2D eigenvalue weighted by Crippen LogP contribution is 2.34. The van der Waals surface area contributed by atoms with E-state index in [1.165, 1.54) is 0 Å². The van der Waals surface area contributed by atoms with Crippen LogP contribution in [0.15, 0.2) is 78.9 Å². The summed E-state index contributed by atoms with van der Waals surface area (Å²) in [7, 11) is 0. The highest BCUT2D eigenvalue weighted by molar-refractivity contribution is 6.33. The normalized spacial score (nSPS) is 15.3. The number of amides is 2. The van der Waals surface area contributed by atoms with E-state index >= 15 is 0 Å². The molecule has 0 aromatic heterocycles. The largest absolute Gasteiger partial charge is 0.323 e. The van der Waals surface area contributed by atoms with Gasteiger partial charge in [0.25, 0.3) is 5.91 Å². The third-order valence-electron chi connectivity index (χ3n) is 4.65. The number of benzene rings is 3. The minimum atomic E-state index is -0.633. The van der Waals surface area contributed by atoms with Gasteiger partial charge in [0, 0.05) is 17.7 Å². The number of nitrogens with zero attached hydrogens (tertiary/aromatic N) is 1. The Hall–Kier alpha value is -3.11. The second-order valence-electron chi connectivity index (χ2n) is 6.36. The lowest BCUT2D eigenvalue weighted by molar-refractivity contribution is -0.117. The minimum Gasteiger partial charge on any atom is -0.323 e. The molecule has 0 bridgehead atoms. The summed E-state index contributed by atoms with van der Waals surface area (Å²) < 4.78 is 0. The molecule has 27 heavy (non-hydrogen) atoms. The second kappa shape index (κ2) is 7.25. The maximum atomic E-state index is 13.2. The number of halogens is 1. The molecule has 5 heteroatoms. The molecule has 0 spiro atoms. The molecule has 0 saturated heterocycles. The van der Waals surface area contributed by atoms with Crippen LogP contribution in [-0.4, -0.2) is 17.9 Å². The van der Waals surface area contributed by atoms with Crippen LogP contribution in [-0.2, 0) is 11.2 Å². The number of nitrogens with one attached hydrogen (secondary N) is 1. The zero-order valence-corrected chi connectivity index (χ0v) is 15.2. The van der Waals surface area contributed by atoms with E-state index in [1.807, 2.05) is 42.5 Å². The third kappa shape index (κ3) is 3.32. The van der Waals surface area contributed by atoms with Gasteiger partial charge in [-0.2, -0.15) is 0 Å². The summed E-state index contributed by atoms with van der Waals surface area (Å²) in [4.78, 5) is 27.8. The van der Waals surface area contributed by atoms with E-state index in [4.69, 9.17) is 11.6 Å². The first kappa shape index (κ1) is 17.3. The number of rotatable bonds is 3. The van der Waals surface area contributed by atoms with E-state index in [0.29, 0.717) is 22.7 Å². The van der Waals surface area contributed by atoms with Gasteiger partial charge in [0.05, 0.1) is 10.7 Å². The summed E-state index contributed by atoms with van der Waals surface area (Å²) in [6, 6.07) is 23.0. The molecule has 3 aromatic rings. The fourth-order valence-corrected chi connectivity index (χ4v) is 3.53. The lowest BCUT2D eigenvalue weighted by atomic mass is 10.1. The van der Waals surface area contributed by atoms with Gasteiger partial charge in [-0.1, -0.05) is 60.1 Å². The Morgan fingerprint density at radius 1 is 0.889 bits per heavy atom. The molecule has 0 aliphatic carbocycles. The van der Waals surface area contributed by atoms with Crippen molar-refractivity contribution in [1.29, 1.82) is 0 Å². The molecule has 1 unspecified atom stereocenters. The smallest absolute Gasteiger partial charge is 0.259 e. The minimum absolute atomic E-state index is 0.195. The van der Waals surface area contributed by atoms with Crippen LogP contribution in [0.4, 0.5) is 11.4 Å². The van der Waals surface area contributed by atoms with Gasteiger partial charge in [0.15, 0.2) is 0 Å². The van der Waals surface area contributed by atoms with E-state index in [0.717, 1.165) is 11.3 Å². The SMILES string of the molecule is O=C(Nc1ccccc1Cl)C1Cc2ccccc2N1C(=O)c1ccccc1. The summed E-state index contributed by atoms with van der Waals surface area (Å²) in [6.07, 6.45) is 0.463. The summed E-state index contributed by atoms with van der Waals surface area (Å²) in [5, 5.41) is 3.32. The standard InChI is InChI=1S/C22H17ClN2O2/c23-17-11-5-6-12-18(17)24-21(26)20-14-16-10-4-7-13-19(16)25(20)22(27)15-8-2-1-3-9-15/h1-13,20H,14H2,(H,24,26).